The van der Waals surface area contributed by atoms with Gasteiger partial charge in [-0.1, -0.05) is 39.0 Å². The van der Waals surface area contributed by atoms with Crippen molar-refractivity contribution >= 4 is 5.78 Å². The first-order chi connectivity index (χ1) is 8.15. The molecule has 17 heavy (non-hydrogen) atoms. The minimum atomic E-state index is 0.448. The van der Waals surface area contributed by atoms with Crippen molar-refractivity contribution in [2.24, 2.45) is 0 Å². The van der Waals surface area contributed by atoms with Gasteiger partial charge in [0.1, 0.15) is 5.78 Å². The van der Waals surface area contributed by atoms with E-state index in [4.69, 9.17) is 0 Å². The molecule has 0 N–H and O–H groups in total. The molecule has 1 aliphatic heterocycles. The molecule has 1 heterocycles. The van der Waals surface area contributed by atoms with Gasteiger partial charge in [0, 0.05) is 24.9 Å². The lowest BCUT2D eigenvalue weighted by Gasteiger charge is -2.38. The lowest BCUT2D eigenvalue weighted by Crippen LogP contribution is -2.47. The number of likely N-dealkylation sites (tertiary alicyclic amines) is 1. The van der Waals surface area contributed by atoms with Crippen LogP contribution in [0.3, 0.4) is 0 Å². The summed E-state index contributed by atoms with van der Waals surface area (Å²) < 4.78 is 0. The van der Waals surface area contributed by atoms with Crippen LogP contribution < -0.4 is 0 Å². The number of carbonyl (C=O) groups excluding carboxylic acids is 1. The van der Waals surface area contributed by atoms with Crippen LogP contribution in [0.4, 0.5) is 0 Å². The van der Waals surface area contributed by atoms with E-state index in [9.17, 15) is 4.79 Å². The molecule has 0 aliphatic carbocycles. The average molecular weight is 239 g/mol. The van der Waals surface area contributed by atoms with Gasteiger partial charge >= 0.3 is 0 Å². The molecule has 2 heteroatoms. The van der Waals surface area contributed by atoms with Crippen LogP contribution in [0, 0.1) is 0 Å². The van der Waals surface area contributed by atoms with E-state index in [2.05, 4.69) is 25.7 Å². The highest BCUT2D eigenvalue weighted by molar-refractivity contribution is 5.80. The molecule has 2 unspecified atom stereocenters. The molecule has 0 saturated carbocycles. The molecule has 0 aromatic rings. The lowest BCUT2D eigenvalue weighted by molar-refractivity contribution is -0.124. The second-order valence-electron chi connectivity index (χ2n) is 5.65. The van der Waals surface area contributed by atoms with Crippen LogP contribution in [-0.4, -0.2) is 29.3 Å². The molecule has 2 nitrogen and oxygen atoms in total. The second-order valence-corrected chi connectivity index (χ2v) is 5.65. The van der Waals surface area contributed by atoms with Gasteiger partial charge in [0.25, 0.3) is 0 Å². The Balaban J connectivity index is 2.15. The fourth-order valence-electron chi connectivity index (χ4n) is 2.93. The lowest BCUT2D eigenvalue weighted by atomic mass is 9.96. The monoisotopic (exact) mass is 239 g/mol. The minimum absolute atomic E-state index is 0.448. The molecular weight excluding hydrogens is 210 g/mol. The molecule has 1 aliphatic rings. The topological polar surface area (TPSA) is 20.3 Å². The molecule has 1 saturated heterocycles. The number of hydrogen-bond acceptors (Lipinski definition) is 2. The van der Waals surface area contributed by atoms with Crippen LogP contribution in [0.1, 0.15) is 72.1 Å². The van der Waals surface area contributed by atoms with Crippen molar-refractivity contribution in [3.63, 3.8) is 0 Å². The van der Waals surface area contributed by atoms with E-state index in [-0.39, 0.29) is 0 Å². The standard InChI is InChI=1S/C15H29NO/c1-4-5-6-7-8-9-10-16-13(2)11-15(17)12-14(16)3/h13-14H,4-12H2,1-3H3. The summed E-state index contributed by atoms with van der Waals surface area (Å²) in [5.41, 5.74) is 0. The van der Waals surface area contributed by atoms with E-state index in [1.807, 2.05) is 0 Å². The Morgan fingerprint density at radius 2 is 1.53 bits per heavy atom. The maximum absolute atomic E-state index is 11.5. The number of carbonyl (C=O) groups is 1. The Kier molecular flexibility index (Phi) is 6.79. The normalized spacial score (nSPS) is 26.4. The van der Waals surface area contributed by atoms with Crippen LogP contribution in [-0.2, 0) is 4.79 Å². The molecule has 0 bridgehead atoms. The largest absolute Gasteiger partial charge is 0.300 e. The van der Waals surface area contributed by atoms with Gasteiger partial charge in [-0.15, -0.1) is 0 Å². The molecule has 0 aromatic heterocycles. The highest BCUT2D eigenvalue weighted by atomic mass is 16.1. The molecule has 1 rings (SSSR count). The van der Waals surface area contributed by atoms with Crippen molar-refractivity contribution < 1.29 is 4.79 Å². The van der Waals surface area contributed by atoms with Gasteiger partial charge in [0.15, 0.2) is 0 Å². The van der Waals surface area contributed by atoms with Gasteiger partial charge in [-0.3, -0.25) is 9.69 Å². The number of unbranched alkanes of at least 4 members (excludes halogenated alkanes) is 5. The van der Waals surface area contributed by atoms with Crippen molar-refractivity contribution in [3.8, 4) is 0 Å². The SMILES string of the molecule is CCCCCCCCN1C(C)CC(=O)CC1C. The zero-order valence-electron chi connectivity index (χ0n) is 11.9. The van der Waals surface area contributed by atoms with Crippen LogP contribution in [0.25, 0.3) is 0 Å². The number of rotatable bonds is 7. The third kappa shape index (κ3) is 5.20. The van der Waals surface area contributed by atoms with Crippen LogP contribution in [0.2, 0.25) is 0 Å². The van der Waals surface area contributed by atoms with E-state index in [0.29, 0.717) is 17.9 Å². The maximum Gasteiger partial charge on any atom is 0.136 e. The van der Waals surface area contributed by atoms with Crippen LogP contribution in [0.5, 0.6) is 0 Å². The van der Waals surface area contributed by atoms with Gasteiger partial charge in [-0.25, -0.2) is 0 Å². The molecule has 0 spiro atoms. The van der Waals surface area contributed by atoms with Gasteiger partial charge < -0.3 is 0 Å². The third-order valence-corrected chi connectivity index (χ3v) is 3.95. The van der Waals surface area contributed by atoms with Crippen LogP contribution in [0.15, 0.2) is 0 Å². The van der Waals surface area contributed by atoms with E-state index in [1.54, 1.807) is 0 Å². The number of hydrogen-bond donors (Lipinski definition) is 0. The van der Waals surface area contributed by atoms with Crippen molar-refractivity contribution in [2.75, 3.05) is 6.54 Å². The first-order valence-electron chi connectivity index (χ1n) is 7.42. The summed E-state index contributed by atoms with van der Waals surface area (Å²) in [7, 11) is 0. The fourth-order valence-corrected chi connectivity index (χ4v) is 2.93. The van der Waals surface area contributed by atoms with Crippen molar-refractivity contribution in [1.82, 2.24) is 4.90 Å². The Bertz CT molecular complexity index is 213. The molecule has 0 radical (unpaired) electrons. The van der Waals surface area contributed by atoms with E-state index >= 15 is 0 Å². The Labute approximate surface area is 107 Å². The molecular formula is C15H29NO. The summed E-state index contributed by atoms with van der Waals surface area (Å²) >= 11 is 0. The van der Waals surface area contributed by atoms with Gasteiger partial charge in [-0.05, 0) is 26.8 Å². The highest BCUT2D eigenvalue weighted by Gasteiger charge is 2.28. The summed E-state index contributed by atoms with van der Waals surface area (Å²) in [6, 6.07) is 0.920. The Hall–Kier alpha value is -0.370. The van der Waals surface area contributed by atoms with Crippen molar-refractivity contribution in [1.29, 1.82) is 0 Å². The Morgan fingerprint density at radius 3 is 2.12 bits per heavy atom. The molecule has 2 atom stereocenters. The number of nitrogens with zero attached hydrogens (tertiary/aromatic N) is 1. The quantitative estimate of drug-likeness (QED) is 0.630. The van der Waals surface area contributed by atoms with E-state index in [1.165, 1.54) is 45.1 Å². The van der Waals surface area contributed by atoms with E-state index < -0.39 is 0 Å². The smallest absolute Gasteiger partial charge is 0.136 e. The summed E-state index contributed by atoms with van der Waals surface area (Å²) in [4.78, 5) is 14.0. The number of piperidine rings is 1. The van der Waals surface area contributed by atoms with Crippen molar-refractivity contribution in [2.45, 2.75) is 84.2 Å². The number of Topliss-reactive ketones (excluding diaryl/α,β-unsaturated/α-hetero) is 1. The van der Waals surface area contributed by atoms with Gasteiger partial charge in [-0.2, -0.15) is 0 Å². The summed E-state index contributed by atoms with van der Waals surface area (Å²) in [5, 5.41) is 0. The first kappa shape index (κ1) is 14.7. The molecule has 100 valence electrons. The molecule has 0 aromatic carbocycles. The zero-order chi connectivity index (χ0) is 12.7. The summed E-state index contributed by atoms with van der Waals surface area (Å²) in [6.07, 6.45) is 9.65. The molecule has 0 amide bonds. The Morgan fingerprint density at radius 1 is 1.00 bits per heavy atom. The average Bonchev–Trinajstić information content (AvgIpc) is 2.26. The predicted octanol–water partition coefficient (Wildman–Crippen LogP) is 3.79. The molecule has 1 fully saturated rings. The summed E-state index contributed by atoms with van der Waals surface area (Å²) in [5.74, 6) is 0.448. The second kappa shape index (κ2) is 7.86. The van der Waals surface area contributed by atoms with E-state index in [0.717, 1.165) is 12.8 Å². The predicted molar refractivity (Wildman–Crippen MR) is 73.2 cm³/mol. The first-order valence-corrected chi connectivity index (χ1v) is 7.42. The van der Waals surface area contributed by atoms with Gasteiger partial charge in [0.2, 0.25) is 0 Å². The third-order valence-electron chi connectivity index (χ3n) is 3.95. The minimum Gasteiger partial charge on any atom is -0.300 e. The van der Waals surface area contributed by atoms with Gasteiger partial charge in [0.05, 0.1) is 0 Å². The maximum atomic E-state index is 11.5. The highest BCUT2D eigenvalue weighted by Crippen LogP contribution is 2.20. The van der Waals surface area contributed by atoms with Crippen molar-refractivity contribution in [3.05, 3.63) is 0 Å². The van der Waals surface area contributed by atoms with Crippen LogP contribution >= 0.6 is 0 Å². The summed E-state index contributed by atoms with van der Waals surface area (Å²) in [6.45, 7) is 7.84. The zero-order valence-corrected chi connectivity index (χ0v) is 11.9. The number of ketones is 1. The fraction of sp³-hybridized carbons (Fsp3) is 0.933.